The number of hydrogen-bond acceptors (Lipinski definition) is 1. The molecular formula is C28H50O. The van der Waals surface area contributed by atoms with Crippen LogP contribution in [0.1, 0.15) is 112 Å². The van der Waals surface area contributed by atoms with Gasteiger partial charge in [-0.25, -0.2) is 0 Å². The molecule has 4 saturated carbocycles. The lowest BCUT2D eigenvalue weighted by Gasteiger charge is -2.61. The van der Waals surface area contributed by atoms with Crippen molar-refractivity contribution in [2.24, 2.45) is 58.2 Å². The zero-order chi connectivity index (χ0) is 20.8. The Bertz CT molecular complexity index is 557. The van der Waals surface area contributed by atoms with Crippen molar-refractivity contribution in [3.8, 4) is 0 Å². The standard InChI is InChI=1S/C28H50O/c1-19(21(3)18-29)9-10-20(2)24-13-14-25-23-12-11-22-8-6-7-16-27(22,4)26(23)15-17-28(24,25)5/h19-26,29H,6-18H2,1-5H3/t19?,20-,21?,22-,23+,24-,25+,26+,27+,28-/m1/s1. The van der Waals surface area contributed by atoms with E-state index in [9.17, 15) is 5.11 Å². The van der Waals surface area contributed by atoms with Gasteiger partial charge in [-0.3, -0.25) is 0 Å². The number of fused-ring (bicyclic) bond motifs is 5. The highest BCUT2D eigenvalue weighted by molar-refractivity contribution is 5.09. The molecule has 4 fully saturated rings. The Kier molecular flexibility index (Phi) is 6.48. The van der Waals surface area contributed by atoms with E-state index in [2.05, 4.69) is 34.6 Å². The first-order chi connectivity index (χ1) is 13.8. The molecule has 0 aromatic heterocycles. The van der Waals surface area contributed by atoms with Crippen LogP contribution in [0.2, 0.25) is 0 Å². The molecule has 4 aliphatic carbocycles. The van der Waals surface area contributed by atoms with Gasteiger partial charge in [-0.05, 0) is 110 Å². The third kappa shape index (κ3) is 3.74. The van der Waals surface area contributed by atoms with Crippen molar-refractivity contribution in [3.05, 3.63) is 0 Å². The summed E-state index contributed by atoms with van der Waals surface area (Å²) in [4.78, 5) is 0. The lowest BCUT2D eigenvalue weighted by Crippen LogP contribution is -2.53. The summed E-state index contributed by atoms with van der Waals surface area (Å²) in [7, 11) is 0. The van der Waals surface area contributed by atoms with Crippen LogP contribution in [0.25, 0.3) is 0 Å². The van der Waals surface area contributed by atoms with Crippen LogP contribution in [-0.4, -0.2) is 11.7 Å². The first-order valence-electron chi connectivity index (χ1n) is 13.4. The minimum absolute atomic E-state index is 0.349. The van der Waals surface area contributed by atoms with Crippen molar-refractivity contribution in [2.45, 2.75) is 112 Å². The second-order valence-electron chi connectivity index (χ2n) is 12.8. The Morgan fingerprint density at radius 1 is 0.759 bits per heavy atom. The third-order valence-electron chi connectivity index (χ3n) is 11.7. The number of hydrogen-bond donors (Lipinski definition) is 1. The van der Waals surface area contributed by atoms with Gasteiger partial charge in [-0.2, -0.15) is 0 Å². The van der Waals surface area contributed by atoms with Crippen LogP contribution in [0.15, 0.2) is 0 Å². The fraction of sp³-hybridized carbons (Fsp3) is 1.00. The highest BCUT2D eigenvalue weighted by atomic mass is 16.3. The molecule has 0 saturated heterocycles. The Balaban J connectivity index is 1.44. The van der Waals surface area contributed by atoms with Gasteiger partial charge in [0.1, 0.15) is 0 Å². The van der Waals surface area contributed by atoms with Crippen molar-refractivity contribution in [1.82, 2.24) is 0 Å². The van der Waals surface area contributed by atoms with Gasteiger partial charge in [0.05, 0.1) is 0 Å². The second-order valence-corrected chi connectivity index (χ2v) is 12.8. The van der Waals surface area contributed by atoms with Gasteiger partial charge in [0.15, 0.2) is 0 Å². The van der Waals surface area contributed by atoms with Crippen molar-refractivity contribution in [3.63, 3.8) is 0 Å². The summed E-state index contributed by atoms with van der Waals surface area (Å²) >= 11 is 0. The quantitative estimate of drug-likeness (QED) is 0.482. The Morgan fingerprint density at radius 2 is 1.52 bits per heavy atom. The van der Waals surface area contributed by atoms with Crippen LogP contribution in [-0.2, 0) is 0 Å². The summed E-state index contributed by atoms with van der Waals surface area (Å²) < 4.78 is 0. The van der Waals surface area contributed by atoms with Crippen molar-refractivity contribution < 1.29 is 5.11 Å². The van der Waals surface area contributed by atoms with Gasteiger partial charge in [-0.15, -0.1) is 0 Å². The van der Waals surface area contributed by atoms with Crippen molar-refractivity contribution in [1.29, 1.82) is 0 Å². The molecule has 0 amide bonds. The molecule has 0 aromatic rings. The lowest BCUT2D eigenvalue weighted by molar-refractivity contribution is -0.114. The van der Waals surface area contributed by atoms with E-state index in [-0.39, 0.29) is 0 Å². The maximum atomic E-state index is 9.49. The van der Waals surface area contributed by atoms with Gasteiger partial charge in [0.2, 0.25) is 0 Å². The minimum atomic E-state index is 0.349. The van der Waals surface area contributed by atoms with Crippen LogP contribution in [0.5, 0.6) is 0 Å². The van der Waals surface area contributed by atoms with Gasteiger partial charge < -0.3 is 5.11 Å². The average molecular weight is 403 g/mol. The number of aliphatic hydroxyl groups excluding tert-OH is 1. The maximum absolute atomic E-state index is 9.49. The van der Waals surface area contributed by atoms with Crippen LogP contribution in [0.3, 0.4) is 0 Å². The van der Waals surface area contributed by atoms with Crippen LogP contribution in [0.4, 0.5) is 0 Å². The van der Waals surface area contributed by atoms with E-state index in [1.807, 2.05) is 0 Å². The van der Waals surface area contributed by atoms with Crippen LogP contribution >= 0.6 is 0 Å². The molecule has 4 aliphatic rings. The SMILES string of the molecule is CC(CO)C(C)CC[C@@H](C)[C@H]1CC[C@H]2[C@@H]3CC[C@H]4CCCC[C@]4(C)[C@H]3CC[C@]12C. The molecule has 0 aliphatic heterocycles. The fourth-order valence-corrected chi connectivity index (χ4v) is 9.46. The molecule has 4 rings (SSSR count). The summed E-state index contributed by atoms with van der Waals surface area (Å²) in [5.41, 5.74) is 1.30. The zero-order valence-corrected chi connectivity index (χ0v) is 20.3. The van der Waals surface area contributed by atoms with E-state index < -0.39 is 0 Å². The van der Waals surface area contributed by atoms with E-state index in [1.165, 1.54) is 64.2 Å². The van der Waals surface area contributed by atoms with E-state index in [0.717, 1.165) is 35.5 Å². The smallest absolute Gasteiger partial charge is 0.0459 e. The Morgan fingerprint density at radius 3 is 2.28 bits per heavy atom. The molecule has 29 heavy (non-hydrogen) atoms. The van der Waals surface area contributed by atoms with Gasteiger partial charge in [0, 0.05) is 6.61 Å². The molecule has 1 nitrogen and oxygen atoms in total. The Hall–Kier alpha value is -0.0400. The predicted octanol–water partition coefficient (Wildman–Crippen LogP) is 7.72. The highest BCUT2D eigenvalue weighted by Crippen LogP contribution is 2.68. The first kappa shape index (κ1) is 22.2. The molecule has 2 unspecified atom stereocenters. The zero-order valence-electron chi connectivity index (χ0n) is 20.3. The van der Waals surface area contributed by atoms with Crippen molar-refractivity contribution >= 4 is 0 Å². The number of aliphatic hydroxyl groups is 1. The molecule has 0 radical (unpaired) electrons. The van der Waals surface area contributed by atoms with E-state index >= 15 is 0 Å². The minimum Gasteiger partial charge on any atom is -0.396 e. The molecule has 10 atom stereocenters. The topological polar surface area (TPSA) is 20.2 Å². The highest BCUT2D eigenvalue weighted by Gasteiger charge is 2.60. The summed E-state index contributed by atoms with van der Waals surface area (Å²) in [6.07, 6.45) is 17.9. The van der Waals surface area contributed by atoms with E-state index in [1.54, 1.807) is 12.8 Å². The monoisotopic (exact) mass is 402 g/mol. The molecule has 1 N–H and O–H groups in total. The molecule has 0 aromatic carbocycles. The second kappa shape index (κ2) is 8.48. The molecule has 0 bridgehead atoms. The van der Waals surface area contributed by atoms with Crippen LogP contribution < -0.4 is 0 Å². The number of rotatable bonds is 6. The van der Waals surface area contributed by atoms with Gasteiger partial charge >= 0.3 is 0 Å². The largest absolute Gasteiger partial charge is 0.396 e. The van der Waals surface area contributed by atoms with Gasteiger partial charge in [-0.1, -0.05) is 60.3 Å². The average Bonchev–Trinajstić information content (AvgIpc) is 3.08. The summed E-state index contributed by atoms with van der Waals surface area (Å²) in [6, 6.07) is 0. The molecule has 0 heterocycles. The first-order valence-corrected chi connectivity index (χ1v) is 13.4. The normalized spacial score (nSPS) is 47.6. The van der Waals surface area contributed by atoms with E-state index in [4.69, 9.17) is 0 Å². The Labute approximate surface area is 181 Å². The van der Waals surface area contributed by atoms with Gasteiger partial charge in [0.25, 0.3) is 0 Å². The lowest BCUT2D eigenvalue weighted by atomic mass is 9.44. The molecule has 1 heteroatoms. The third-order valence-corrected chi connectivity index (χ3v) is 11.7. The van der Waals surface area contributed by atoms with Crippen LogP contribution in [0, 0.1) is 58.2 Å². The maximum Gasteiger partial charge on any atom is 0.0459 e. The summed E-state index contributed by atoms with van der Waals surface area (Å²) in [5, 5.41) is 9.49. The summed E-state index contributed by atoms with van der Waals surface area (Å²) in [6.45, 7) is 12.9. The van der Waals surface area contributed by atoms with E-state index in [0.29, 0.717) is 29.3 Å². The predicted molar refractivity (Wildman–Crippen MR) is 124 cm³/mol. The van der Waals surface area contributed by atoms with Crippen molar-refractivity contribution in [2.75, 3.05) is 6.61 Å². The fourth-order valence-electron chi connectivity index (χ4n) is 9.46. The molecule has 0 spiro atoms. The summed E-state index contributed by atoms with van der Waals surface area (Å²) in [5.74, 6) is 7.06. The molecule has 168 valence electrons. The molecular weight excluding hydrogens is 352 g/mol.